The first-order valence-corrected chi connectivity index (χ1v) is 18.4. The van der Waals surface area contributed by atoms with Gasteiger partial charge in [-0.2, -0.15) is 0 Å². The molecule has 0 spiro atoms. The number of Topliss-reactive ketones (excluding diaryl/α,β-unsaturated/α-hetero) is 1. The minimum Gasteiger partial charge on any atom is -0.356 e. The lowest BCUT2D eigenvalue weighted by Crippen LogP contribution is -2.61. The molecule has 0 unspecified atom stereocenters. The number of nitrogens with zero attached hydrogens (tertiary/aromatic N) is 3. The highest BCUT2D eigenvalue weighted by Crippen LogP contribution is 2.30. The Morgan fingerprint density at radius 3 is 2.29 bits per heavy atom. The van der Waals surface area contributed by atoms with E-state index in [1.165, 1.54) is 11.3 Å². The number of nitrogens with one attached hydrogen (secondary N) is 4. The number of hydrogen-bond acceptors (Lipinski definition) is 8. The largest absolute Gasteiger partial charge is 0.356 e. The Kier molecular flexibility index (Phi) is 12.5. The van der Waals surface area contributed by atoms with Crippen molar-refractivity contribution in [2.75, 3.05) is 26.2 Å². The number of aromatic nitrogens is 1. The maximum absolute atomic E-state index is 14.5. The molecule has 5 atom stereocenters. The van der Waals surface area contributed by atoms with Gasteiger partial charge in [-0.25, -0.2) is 9.78 Å². The van der Waals surface area contributed by atoms with Crippen molar-refractivity contribution in [3.63, 3.8) is 0 Å². The number of para-hydroxylation sites is 1. The highest BCUT2D eigenvalue weighted by Gasteiger charge is 2.47. The smallest absolute Gasteiger partial charge is 0.315 e. The van der Waals surface area contributed by atoms with Crippen molar-refractivity contribution in [3.8, 4) is 0 Å². The van der Waals surface area contributed by atoms with Crippen LogP contribution in [0.25, 0.3) is 10.2 Å². The second kappa shape index (κ2) is 16.0. The summed E-state index contributed by atoms with van der Waals surface area (Å²) >= 11 is 1.26. The predicted octanol–water partition coefficient (Wildman–Crippen LogP) is 4.09. The van der Waals surface area contributed by atoms with Crippen LogP contribution in [0.4, 0.5) is 4.79 Å². The zero-order valence-electron chi connectivity index (χ0n) is 30.4. The summed E-state index contributed by atoms with van der Waals surface area (Å²) < 4.78 is 0.855. The molecule has 1 aromatic carbocycles. The number of carbonyl (C=O) groups excluding carboxylic acids is 5. The van der Waals surface area contributed by atoms with Crippen LogP contribution >= 0.6 is 11.3 Å². The van der Waals surface area contributed by atoms with Gasteiger partial charge in [0.25, 0.3) is 0 Å². The van der Waals surface area contributed by atoms with Crippen LogP contribution in [-0.4, -0.2) is 100 Å². The number of rotatable bonds is 13. The summed E-state index contributed by atoms with van der Waals surface area (Å²) in [6, 6.07) is 4.11. The summed E-state index contributed by atoms with van der Waals surface area (Å²) in [5.41, 5.74) is -0.490. The molecule has 3 heterocycles. The highest BCUT2D eigenvalue weighted by atomic mass is 32.1. The van der Waals surface area contributed by atoms with E-state index in [0.29, 0.717) is 31.4 Å². The van der Waals surface area contributed by atoms with Crippen LogP contribution in [0, 0.1) is 11.3 Å². The molecule has 2 saturated heterocycles. The second-order valence-electron chi connectivity index (χ2n) is 15.5. The molecule has 0 radical (unpaired) electrons. The molecule has 5 amide bonds. The normalized spacial score (nSPS) is 21.0. The third-order valence-electron chi connectivity index (χ3n) is 9.10. The van der Waals surface area contributed by atoms with Gasteiger partial charge >= 0.3 is 6.03 Å². The van der Waals surface area contributed by atoms with Gasteiger partial charge < -0.3 is 26.2 Å². The van der Waals surface area contributed by atoms with Crippen LogP contribution in [0.1, 0.15) is 97.3 Å². The maximum atomic E-state index is 14.5. The van der Waals surface area contributed by atoms with E-state index in [0.717, 1.165) is 30.6 Å². The van der Waals surface area contributed by atoms with E-state index in [2.05, 4.69) is 45.0 Å². The molecule has 2 aliphatic heterocycles. The summed E-state index contributed by atoms with van der Waals surface area (Å²) in [6.45, 7) is 17.9. The number of urea groups is 1. The van der Waals surface area contributed by atoms with Crippen LogP contribution in [0.3, 0.4) is 0 Å². The third-order valence-corrected chi connectivity index (χ3v) is 10.2. The standard InChI is InChI=1S/C36H55N7O5S/c1-9-17-42(18-10-2)23-20-26(43(21-23)33(47)29(35(3,4)5)40-34(48)41-36(6,7)8)31(46)38-25(19-22-15-16-37-30(22)45)28(44)32-39-24-13-11-12-14-27(24)49-32/h11-14,22-23,25-26,29H,9-10,15-21H2,1-8H3,(H,37,45)(H,38,46)(H2,40,41,48)/t22-,23-,25+,26+,29-/m1/s1. The average Bonchev–Trinajstić information content (AvgIpc) is 3.76. The summed E-state index contributed by atoms with van der Waals surface area (Å²) in [4.78, 5) is 77.1. The Balaban J connectivity index is 1.66. The molecule has 4 rings (SSSR count). The number of likely N-dealkylation sites (tertiary alicyclic amines) is 1. The van der Waals surface area contributed by atoms with Crippen LogP contribution in [-0.2, 0) is 14.4 Å². The molecule has 0 saturated carbocycles. The van der Waals surface area contributed by atoms with Gasteiger partial charge in [0.1, 0.15) is 12.1 Å². The van der Waals surface area contributed by atoms with E-state index in [1.807, 2.05) is 65.8 Å². The monoisotopic (exact) mass is 697 g/mol. The second-order valence-corrected chi connectivity index (χ2v) is 16.5. The van der Waals surface area contributed by atoms with Gasteiger partial charge in [0.15, 0.2) is 5.01 Å². The Morgan fingerprint density at radius 2 is 1.71 bits per heavy atom. The number of amides is 5. The molecule has 270 valence electrons. The Hall–Kier alpha value is -3.58. The molecule has 2 aliphatic rings. The van der Waals surface area contributed by atoms with Gasteiger partial charge in [-0.3, -0.25) is 24.1 Å². The third kappa shape index (κ3) is 9.78. The topological polar surface area (TPSA) is 153 Å². The molecule has 49 heavy (non-hydrogen) atoms. The fourth-order valence-electron chi connectivity index (χ4n) is 6.72. The number of thiazole rings is 1. The van der Waals surface area contributed by atoms with Crippen LogP contribution in [0.15, 0.2) is 24.3 Å². The molecule has 0 bridgehead atoms. The van der Waals surface area contributed by atoms with E-state index < -0.39 is 46.9 Å². The minimum absolute atomic E-state index is 0.0809. The van der Waals surface area contributed by atoms with Gasteiger partial charge in [0.2, 0.25) is 23.5 Å². The summed E-state index contributed by atoms with van der Waals surface area (Å²) in [6.07, 6.45) is 2.92. The van der Waals surface area contributed by atoms with Crippen molar-refractivity contribution in [2.45, 2.75) is 117 Å². The molecular formula is C36H55N7O5S. The molecule has 2 fully saturated rings. The van der Waals surface area contributed by atoms with Crippen LogP contribution in [0.2, 0.25) is 0 Å². The summed E-state index contributed by atoms with van der Waals surface area (Å²) in [5.74, 6) is -1.73. The lowest BCUT2D eigenvalue weighted by Gasteiger charge is -2.36. The fourth-order valence-corrected chi connectivity index (χ4v) is 7.68. The number of carbonyl (C=O) groups is 5. The Morgan fingerprint density at radius 1 is 1.04 bits per heavy atom. The number of benzene rings is 1. The maximum Gasteiger partial charge on any atom is 0.315 e. The molecule has 13 heteroatoms. The van der Waals surface area contributed by atoms with Crippen LogP contribution < -0.4 is 21.3 Å². The van der Waals surface area contributed by atoms with E-state index in [9.17, 15) is 24.0 Å². The van der Waals surface area contributed by atoms with Gasteiger partial charge in [0.05, 0.1) is 16.3 Å². The fraction of sp³-hybridized carbons (Fsp3) is 0.667. The Labute approximate surface area is 294 Å². The average molecular weight is 698 g/mol. The van der Waals surface area contributed by atoms with Crippen molar-refractivity contribution in [1.29, 1.82) is 0 Å². The van der Waals surface area contributed by atoms with Crippen molar-refractivity contribution < 1.29 is 24.0 Å². The Bertz CT molecular complexity index is 1470. The lowest BCUT2D eigenvalue weighted by atomic mass is 9.85. The molecular weight excluding hydrogens is 643 g/mol. The number of fused-ring (bicyclic) bond motifs is 1. The molecule has 4 N–H and O–H groups in total. The van der Waals surface area contributed by atoms with E-state index >= 15 is 0 Å². The number of hydrogen-bond donors (Lipinski definition) is 4. The minimum atomic E-state index is -1.01. The van der Waals surface area contributed by atoms with Crippen molar-refractivity contribution in [3.05, 3.63) is 29.3 Å². The zero-order chi connectivity index (χ0) is 36.1. The summed E-state index contributed by atoms with van der Waals surface area (Å²) in [7, 11) is 0. The van der Waals surface area contributed by atoms with Gasteiger partial charge in [-0.1, -0.05) is 46.8 Å². The quantitative estimate of drug-likeness (QED) is 0.230. The molecule has 2 aromatic rings. The first-order chi connectivity index (χ1) is 23.0. The van der Waals surface area contributed by atoms with E-state index in [-0.39, 0.29) is 35.1 Å². The van der Waals surface area contributed by atoms with E-state index in [1.54, 1.807) is 4.90 Å². The first kappa shape index (κ1) is 38.2. The van der Waals surface area contributed by atoms with Crippen LogP contribution in [0.5, 0.6) is 0 Å². The van der Waals surface area contributed by atoms with E-state index in [4.69, 9.17) is 0 Å². The van der Waals surface area contributed by atoms with Crippen molar-refractivity contribution >= 4 is 51.1 Å². The number of ketones is 1. The first-order valence-electron chi connectivity index (χ1n) is 17.6. The van der Waals surface area contributed by atoms with Gasteiger partial charge in [-0.15, -0.1) is 11.3 Å². The van der Waals surface area contributed by atoms with Gasteiger partial charge in [0, 0.05) is 30.6 Å². The SMILES string of the molecule is CCCN(CCC)[C@@H]1C[C@@H](C(=O)N[C@@H](C[C@H]2CCNC2=O)C(=O)c2nc3ccccc3s2)N(C(=O)[C@@H](NC(=O)NC(C)(C)C)C(C)(C)C)C1. The van der Waals surface area contributed by atoms with Gasteiger partial charge in [-0.05, 0) is 83.5 Å². The predicted molar refractivity (Wildman–Crippen MR) is 192 cm³/mol. The molecule has 0 aliphatic carbocycles. The lowest BCUT2D eigenvalue weighted by molar-refractivity contribution is -0.142. The van der Waals surface area contributed by atoms with Crippen molar-refractivity contribution in [1.82, 2.24) is 36.1 Å². The summed E-state index contributed by atoms with van der Waals surface area (Å²) in [5, 5.41) is 11.9. The van der Waals surface area contributed by atoms with Crippen molar-refractivity contribution in [2.24, 2.45) is 11.3 Å². The molecule has 12 nitrogen and oxygen atoms in total. The zero-order valence-corrected chi connectivity index (χ0v) is 31.2. The highest BCUT2D eigenvalue weighted by molar-refractivity contribution is 7.20. The molecule has 1 aromatic heterocycles.